The van der Waals surface area contributed by atoms with Gasteiger partial charge in [-0.2, -0.15) is 0 Å². The highest BCUT2D eigenvalue weighted by Crippen LogP contribution is 2.17. The molecule has 0 bridgehead atoms. The van der Waals surface area contributed by atoms with E-state index in [0.29, 0.717) is 23.0 Å². The second-order valence-electron chi connectivity index (χ2n) is 4.08. The van der Waals surface area contributed by atoms with E-state index >= 15 is 0 Å². The zero-order valence-electron chi connectivity index (χ0n) is 10.4. The molecule has 0 aliphatic carbocycles. The van der Waals surface area contributed by atoms with Gasteiger partial charge >= 0.3 is 0 Å². The Morgan fingerprint density at radius 1 is 1.53 bits per heavy atom. The normalized spacial score (nSPS) is 10.5. The monoisotopic (exact) mass is 325 g/mol. The molecule has 100 valence electrons. The number of benzene rings is 1. The SMILES string of the molecule is Cn1ccnc1CCNC(=O)c1cc(F)ccc1Br. The minimum Gasteiger partial charge on any atom is -0.352 e. The third kappa shape index (κ3) is 3.41. The molecular weight excluding hydrogens is 313 g/mol. The second kappa shape index (κ2) is 5.97. The Morgan fingerprint density at radius 3 is 3.00 bits per heavy atom. The highest BCUT2D eigenvalue weighted by molar-refractivity contribution is 9.10. The molecule has 4 nitrogen and oxygen atoms in total. The molecule has 1 N–H and O–H groups in total. The summed E-state index contributed by atoms with van der Waals surface area (Å²) in [6.07, 6.45) is 4.18. The van der Waals surface area contributed by atoms with Crippen LogP contribution in [-0.4, -0.2) is 22.0 Å². The Bertz CT molecular complexity index is 597. The fourth-order valence-electron chi connectivity index (χ4n) is 1.69. The van der Waals surface area contributed by atoms with Gasteiger partial charge in [0.05, 0.1) is 5.56 Å². The number of nitrogens with zero attached hydrogens (tertiary/aromatic N) is 2. The van der Waals surface area contributed by atoms with Crippen LogP contribution in [0.5, 0.6) is 0 Å². The number of rotatable bonds is 4. The van der Waals surface area contributed by atoms with Crippen LogP contribution in [0.25, 0.3) is 0 Å². The first-order valence-corrected chi connectivity index (χ1v) is 6.56. The maximum Gasteiger partial charge on any atom is 0.252 e. The molecule has 0 aliphatic rings. The van der Waals surface area contributed by atoms with Crippen LogP contribution in [0.3, 0.4) is 0 Å². The molecule has 2 rings (SSSR count). The topological polar surface area (TPSA) is 46.9 Å². The van der Waals surface area contributed by atoms with E-state index in [9.17, 15) is 9.18 Å². The van der Waals surface area contributed by atoms with Gasteiger partial charge in [-0.15, -0.1) is 0 Å². The lowest BCUT2D eigenvalue weighted by Gasteiger charge is -2.07. The highest BCUT2D eigenvalue weighted by atomic mass is 79.9. The molecule has 2 aromatic rings. The molecule has 0 saturated heterocycles. The summed E-state index contributed by atoms with van der Waals surface area (Å²) in [4.78, 5) is 16.1. The summed E-state index contributed by atoms with van der Waals surface area (Å²) in [6, 6.07) is 4.03. The van der Waals surface area contributed by atoms with Crippen LogP contribution in [0, 0.1) is 5.82 Å². The molecule has 0 aliphatic heterocycles. The van der Waals surface area contributed by atoms with Gasteiger partial charge in [0.15, 0.2) is 0 Å². The first kappa shape index (κ1) is 13.7. The number of carbonyl (C=O) groups is 1. The van der Waals surface area contributed by atoms with Crippen molar-refractivity contribution in [3.63, 3.8) is 0 Å². The number of carbonyl (C=O) groups excluding carboxylic acids is 1. The predicted molar refractivity (Wildman–Crippen MR) is 73.3 cm³/mol. The molecule has 0 spiro atoms. The third-order valence-electron chi connectivity index (χ3n) is 2.73. The molecule has 1 aromatic carbocycles. The van der Waals surface area contributed by atoms with Crippen LogP contribution in [0.15, 0.2) is 35.1 Å². The Balaban J connectivity index is 1.94. The molecular formula is C13H13BrFN3O. The van der Waals surface area contributed by atoms with Gasteiger partial charge < -0.3 is 9.88 Å². The van der Waals surface area contributed by atoms with E-state index in [-0.39, 0.29) is 5.91 Å². The van der Waals surface area contributed by atoms with E-state index in [4.69, 9.17) is 0 Å². The van der Waals surface area contributed by atoms with E-state index in [2.05, 4.69) is 26.2 Å². The number of halogens is 2. The number of hydrogen-bond donors (Lipinski definition) is 1. The molecule has 1 heterocycles. The average molecular weight is 326 g/mol. The summed E-state index contributed by atoms with van der Waals surface area (Å²) in [6.45, 7) is 0.451. The van der Waals surface area contributed by atoms with Crippen LogP contribution >= 0.6 is 15.9 Å². The van der Waals surface area contributed by atoms with Crippen molar-refractivity contribution in [2.45, 2.75) is 6.42 Å². The summed E-state index contributed by atoms with van der Waals surface area (Å²) in [5.41, 5.74) is 0.292. The van der Waals surface area contributed by atoms with Gasteiger partial charge in [0.25, 0.3) is 5.91 Å². The Labute approximate surface area is 118 Å². The average Bonchev–Trinajstić information content (AvgIpc) is 2.78. The van der Waals surface area contributed by atoms with Crippen LogP contribution in [0.4, 0.5) is 4.39 Å². The van der Waals surface area contributed by atoms with Gasteiger partial charge in [0.1, 0.15) is 11.6 Å². The van der Waals surface area contributed by atoms with Crippen LogP contribution in [-0.2, 0) is 13.5 Å². The third-order valence-corrected chi connectivity index (χ3v) is 3.42. The van der Waals surface area contributed by atoms with Gasteiger partial charge in [-0.25, -0.2) is 9.37 Å². The zero-order chi connectivity index (χ0) is 13.8. The first-order chi connectivity index (χ1) is 9.08. The van der Waals surface area contributed by atoms with Gasteiger partial charge in [0, 0.05) is 36.9 Å². The van der Waals surface area contributed by atoms with Crippen LogP contribution in [0.2, 0.25) is 0 Å². The smallest absolute Gasteiger partial charge is 0.252 e. The maximum absolute atomic E-state index is 13.1. The quantitative estimate of drug-likeness (QED) is 0.937. The molecule has 0 fully saturated rings. The Morgan fingerprint density at radius 2 is 2.32 bits per heavy atom. The minimum absolute atomic E-state index is 0.292. The molecule has 0 radical (unpaired) electrons. The van der Waals surface area contributed by atoms with Crippen molar-refractivity contribution in [1.82, 2.24) is 14.9 Å². The van der Waals surface area contributed by atoms with E-state index in [1.165, 1.54) is 18.2 Å². The van der Waals surface area contributed by atoms with E-state index < -0.39 is 5.82 Å². The second-order valence-corrected chi connectivity index (χ2v) is 4.94. The summed E-state index contributed by atoms with van der Waals surface area (Å²) < 4.78 is 15.6. The standard InChI is InChI=1S/C13H13BrFN3O/c1-18-7-6-16-12(18)4-5-17-13(19)10-8-9(15)2-3-11(10)14/h2-3,6-8H,4-5H2,1H3,(H,17,19). The summed E-state index contributed by atoms with van der Waals surface area (Å²) in [5, 5.41) is 2.74. The van der Waals surface area contributed by atoms with E-state index in [1.54, 1.807) is 6.20 Å². The van der Waals surface area contributed by atoms with Crippen molar-refractivity contribution in [2.24, 2.45) is 7.05 Å². The van der Waals surface area contributed by atoms with Crippen molar-refractivity contribution in [3.05, 3.63) is 52.3 Å². The molecule has 1 amide bonds. The molecule has 19 heavy (non-hydrogen) atoms. The summed E-state index contributed by atoms with van der Waals surface area (Å²) in [7, 11) is 1.90. The number of hydrogen-bond acceptors (Lipinski definition) is 2. The lowest BCUT2D eigenvalue weighted by molar-refractivity contribution is 0.0952. The fourth-order valence-corrected chi connectivity index (χ4v) is 2.12. The first-order valence-electron chi connectivity index (χ1n) is 5.77. The molecule has 0 saturated carbocycles. The maximum atomic E-state index is 13.1. The van der Waals surface area contributed by atoms with Crippen LogP contribution < -0.4 is 5.32 Å². The number of nitrogens with one attached hydrogen (secondary N) is 1. The van der Waals surface area contributed by atoms with Crippen LogP contribution in [0.1, 0.15) is 16.2 Å². The minimum atomic E-state index is -0.433. The Kier molecular flexibility index (Phi) is 4.31. The molecule has 1 aromatic heterocycles. The fraction of sp³-hybridized carbons (Fsp3) is 0.231. The van der Waals surface area contributed by atoms with E-state index in [1.807, 2.05) is 17.8 Å². The number of aryl methyl sites for hydroxylation is 1. The zero-order valence-corrected chi connectivity index (χ0v) is 11.9. The van der Waals surface area contributed by atoms with Crippen molar-refractivity contribution in [1.29, 1.82) is 0 Å². The van der Waals surface area contributed by atoms with Crippen molar-refractivity contribution in [2.75, 3.05) is 6.54 Å². The van der Waals surface area contributed by atoms with Gasteiger partial charge in [-0.05, 0) is 34.1 Å². The van der Waals surface area contributed by atoms with Crippen molar-refractivity contribution < 1.29 is 9.18 Å². The summed E-state index contributed by atoms with van der Waals surface area (Å²) >= 11 is 3.23. The number of imidazole rings is 1. The molecule has 0 atom stereocenters. The van der Waals surface area contributed by atoms with E-state index in [0.717, 1.165) is 5.82 Å². The van der Waals surface area contributed by atoms with Crippen molar-refractivity contribution in [3.8, 4) is 0 Å². The molecule has 0 unspecified atom stereocenters. The largest absolute Gasteiger partial charge is 0.352 e. The Hall–Kier alpha value is -1.69. The molecule has 6 heteroatoms. The lowest BCUT2D eigenvalue weighted by Crippen LogP contribution is -2.26. The highest BCUT2D eigenvalue weighted by Gasteiger charge is 2.11. The number of aromatic nitrogens is 2. The van der Waals surface area contributed by atoms with Gasteiger partial charge in [-0.3, -0.25) is 4.79 Å². The van der Waals surface area contributed by atoms with Gasteiger partial charge in [0.2, 0.25) is 0 Å². The summed E-state index contributed by atoms with van der Waals surface area (Å²) in [5.74, 6) is 0.150. The predicted octanol–water partition coefficient (Wildman–Crippen LogP) is 2.29. The van der Waals surface area contributed by atoms with Crippen molar-refractivity contribution >= 4 is 21.8 Å². The lowest BCUT2D eigenvalue weighted by atomic mass is 10.2. The number of amides is 1. The van der Waals surface area contributed by atoms with Gasteiger partial charge in [-0.1, -0.05) is 0 Å².